The minimum Gasteiger partial charge on any atom is -0.346 e. The topological polar surface area (TPSA) is 98.3 Å². The van der Waals surface area contributed by atoms with Crippen LogP contribution >= 0.6 is 15.9 Å². The lowest BCUT2D eigenvalue weighted by Gasteiger charge is -2.16. The van der Waals surface area contributed by atoms with Crippen molar-refractivity contribution in [3.05, 3.63) is 65.9 Å². The lowest BCUT2D eigenvalue weighted by molar-refractivity contribution is -0.394. The Bertz CT molecular complexity index is 895. The number of nitrogens with zero attached hydrogens (tertiary/aromatic N) is 2. The van der Waals surface area contributed by atoms with Gasteiger partial charge in [-0.05, 0) is 40.5 Å². The van der Waals surface area contributed by atoms with E-state index in [-0.39, 0.29) is 10.5 Å². The Morgan fingerprint density at radius 2 is 1.65 bits per heavy atom. The predicted molar refractivity (Wildman–Crippen MR) is 86.9 cm³/mol. The van der Waals surface area contributed by atoms with Gasteiger partial charge in [0.2, 0.25) is 0 Å². The molecular weight excluding hydrogens is 430 g/mol. The smallest absolute Gasteiger partial charge is 0.346 e. The van der Waals surface area contributed by atoms with Crippen molar-refractivity contribution in [2.75, 3.05) is 5.32 Å². The Hall–Kier alpha value is -2.76. The van der Waals surface area contributed by atoms with Crippen LogP contribution in [0.2, 0.25) is 0 Å². The number of non-ortho nitro benzene ring substituents is 1. The third-order valence-corrected chi connectivity index (χ3v) is 3.88. The Morgan fingerprint density at radius 1 is 1.04 bits per heavy atom. The quantitative estimate of drug-likeness (QED) is 0.388. The standard InChI is InChI=1S/C14H8BrF4N3O4/c1-6-2-9(15)13(10(16)3-6)20-12-8(14(17,18)19)4-7(21(23)24)5-11(12)22(25)26/h2-5,20H,1H3. The summed E-state index contributed by atoms with van der Waals surface area (Å²) in [5, 5.41) is 24.0. The van der Waals surface area contributed by atoms with Crippen molar-refractivity contribution in [3.8, 4) is 0 Å². The van der Waals surface area contributed by atoms with Crippen molar-refractivity contribution in [1.82, 2.24) is 0 Å². The molecule has 138 valence electrons. The molecule has 1 N–H and O–H groups in total. The van der Waals surface area contributed by atoms with Crippen LogP contribution in [0.15, 0.2) is 28.7 Å². The summed E-state index contributed by atoms with van der Waals surface area (Å²) < 4.78 is 54.1. The van der Waals surface area contributed by atoms with Gasteiger partial charge in [-0.15, -0.1) is 0 Å². The fourth-order valence-corrected chi connectivity index (χ4v) is 2.81. The normalized spacial score (nSPS) is 11.3. The largest absolute Gasteiger partial charge is 0.418 e. The number of alkyl halides is 3. The number of rotatable bonds is 4. The van der Waals surface area contributed by atoms with Gasteiger partial charge >= 0.3 is 6.18 Å². The van der Waals surface area contributed by atoms with Gasteiger partial charge in [0, 0.05) is 10.5 Å². The molecule has 2 rings (SSSR count). The fraction of sp³-hybridized carbons (Fsp3) is 0.143. The summed E-state index contributed by atoms with van der Waals surface area (Å²) in [6.07, 6.45) is -5.16. The number of hydrogen-bond acceptors (Lipinski definition) is 5. The molecule has 0 aliphatic carbocycles. The molecule has 0 amide bonds. The molecule has 2 aromatic carbocycles. The minimum absolute atomic E-state index is 0.0239. The van der Waals surface area contributed by atoms with E-state index in [2.05, 4.69) is 21.2 Å². The first-order valence-electron chi connectivity index (χ1n) is 6.68. The van der Waals surface area contributed by atoms with Crippen molar-refractivity contribution in [1.29, 1.82) is 0 Å². The van der Waals surface area contributed by atoms with E-state index >= 15 is 0 Å². The SMILES string of the molecule is Cc1cc(F)c(Nc2c([N+](=O)[O-])cc([N+](=O)[O-])cc2C(F)(F)F)c(Br)c1. The summed E-state index contributed by atoms with van der Waals surface area (Å²) in [5.74, 6) is -0.961. The number of nitrogens with one attached hydrogen (secondary N) is 1. The Morgan fingerprint density at radius 3 is 2.12 bits per heavy atom. The molecule has 2 aromatic rings. The molecule has 0 aromatic heterocycles. The van der Waals surface area contributed by atoms with E-state index in [4.69, 9.17) is 0 Å². The summed E-state index contributed by atoms with van der Waals surface area (Å²) in [7, 11) is 0. The Kier molecular flexibility index (Phi) is 5.16. The third-order valence-electron chi connectivity index (χ3n) is 3.25. The zero-order valence-electron chi connectivity index (χ0n) is 12.7. The number of benzene rings is 2. The lowest BCUT2D eigenvalue weighted by atomic mass is 10.1. The van der Waals surface area contributed by atoms with Gasteiger partial charge in [0.05, 0.1) is 27.2 Å². The molecule has 0 radical (unpaired) electrons. The second kappa shape index (κ2) is 6.86. The van der Waals surface area contributed by atoms with Gasteiger partial charge < -0.3 is 5.32 Å². The van der Waals surface area contributed by atoms with Crippen molar-refractivity contribution in [2.45, 2.75) is 13.1 Å². The van der Waals surface area contributed by atoms with E-state index in [0.29, 0.717) is 11.6 Å². The minimum atomic E-state index is -5.16. The molecule has 0 bridgehead atoms. The first-order chi connectivity index (χ1) is 11.9. The van der Waals surface area contributed by atoms with E-state index < -0.39 is 50.2 Å². The van der Waals surface area contributed by atoms with Crippen LogP contribution < -0.4 is 5.32 Å². The predicted octanol–water partition coefficient (Wildman–Crippen LogP) is 5.48. The molecule has 26 heavy (non-hydrogen) atoms. The number of hydrogen-bond donors (Lipinski definition) is 1. The maximum Gasteiger partial charge on any atom is 0.418 e. The maximum atomic E-state index is 14.1. The highest BCUT2D eigenvalue weighted by atomic mass is 79.9. The van der Waals surface area contributed by atoms with Gasteiger partial charge in [-0.3, -0.25) is 20.2 Å². The molecule has 0 saturated carbocycles. The summed E-state index contributed by atoms with van der Waals surface area (Å²) >= 11 is 2.97. The number of aryl methyl sites for hydroxylation is 1. The van der Waals surface area contributed by atoms with Crippen LogP contribution in [0, 0.1) is 33.0 Å². The first kappa shape index (κ1) is 19.6. The van der Waals surface area contributed by atoms with Crippen LogP contribution in [0.3, 0.4) is 0 Å². The van der Waals surface area contributed by atoms with Crippen molar-refractivity contribution >= 4 is 38.7 Å². The van der Waals surface area contributed by atoms with Gasteiger partial charge in [-0.25, -0.2) is 4.39 Å². The molecular formula is C14H8BrF4N3O4. The zero-order chi connectivity index (χ0) is 19.8. The van der Waals surface area contributed by atoms with E-state index in [1.165, 1.54) is 13.0 Å². The molecule has 0 aliphatic heterocycles. The van der Waals surface area contributed by atoms with Crippen LogP contribution in [0.25, 0.3) is 0 Å². The van der Waals surface area contributed by atoms with Crippen molar-refractivity contribution in [3.63, 3.8) is 0 Å². The van der Waals surface area contributed by atoms with Crippen LogP contribution in [0.1, 0.15) is 11.1 Å². The number of nitro benzene ring substituents is 2. The average molecular weight is 438 g/mol. The van der Waals surface area contributed by atoms with Crippen LogP contribution in [-0.4, -0.2) is 9.85 Å². The average Bonchev–Trinajstić information content (AvgIpc) is 2.48. The molecule has 7 nitrogen and oxygen atoms in total. The maximum absolute atomic E-state index is 14.1. The molecule has 0 unspecified atom stereocenters. The van der Waals surface area contributed by atoms with Crippen LogP contribution in [0.5, 0.6) is 0 Å². The van der Waals surface area contributed by atoms with Crippen LogP contribution in [-0.2, 0) is 6.18 Å². The van der Waals surface area contributed by atoms with E-state index in [1.54, 1.807) is 0 Å². The highest BCUT2D eigenvalue weighted by molar-refractivity contribution is 9.10. The van der Waals surface area contributed by atoms with Crippen molar-refractivity contribution < 1.29 is 27.4 Å². The molecule has 12 heteroatoms. The van der Waals surface area contributed by atoms with Gasteiger partial charge in [0.15, 0.2) is 0 Å². The van der Waals surface area contributed by atoms with E-state index in [1.807, 2.05) is 0 Å². The molecule has 0 fully saturated rings. The van der Waals surface area contributed by atoms with Gasteiger partial charge in [-0.2, -0.15) is 13.2 Å². The highest BCUT2D eigenvalue weighted by Gasteiger charge is 2.40. The van der Waals surface area contributed by atoms with E-state index in [0.717, 1.165) is 6.07 Å². The second-order valence-electron chi connectivity index (χ2n) is 5.13. The van der Waals surface area contributed by atoms with Gasteiger partial charge in [-0.1, -0.05) is 0 Å². The summed E-state index contributed by atoms with van der Waals surface area (Å²) in [6, 6.07) is 2.92. The van der Waals surface area contributed by atoms with Gasteiger partial charge in [0.1, 0.15) is 11.5 Å². The highest BCUT2D eigenvalue weighted by Crippen LogP contribution is 2.44. The molecule has 0 spiro atoms. The van der Waals surface area contributed by atoms with Crippen LogP contribution in [0.4, 0.5) is 40.3 Å². The Labute approximate surface area is 151 Å². The summed E-state index contributed by atoms with van der Waals surface area (Å²) in [6.45, 7) is 1.53. The first-order valence-corrected chi connectivity index (χ1v) is 7.47. The molecule has 0 aliphatic rings. The summed E-state index contributed by atoms with van der Waals surface area (Å²) in [4.78, 5) is 19.6. The van der Waals surface area contributed by atoms with Crippen molar-refractivity contribution in [2.24, 2.45) is 0 Å². The lowest BCUT2D eigenvalue weighted by Crippen LogP contribution is -2.12. The molecule has 0 atom stereocenters. The van der Waals surface area contributed by atoms with Gasteiger partial charge in [0.25, 0.3) is 11.4 Å². The number of halogens is 5. The molecule has 0 heterocycles. The fourth-order valence-electron chi connectivity index (χ4n) is 2.16. The zero-order valence-corrected chi connectivity index (χ0v) is 14.3. The number of nitro groups is 2. The summed E-state index contributed by atoms with van der Waals surface area (Å²) in [5.41, 5.74) is -5.11. The molecule has 0 saturated heterocycles. The third kappa shape index (κ3) is 3.90. The second-order valence-corrected chi connectivity index (χ2v) is 5.98. The number of anilines is 2. The van der Waals surface area contributed by atoms with E-state index in [9.17, 15) is 37.8 Å². The monoisotopic (exact) mass is 437 g/mol. The Balaban J connectivity index is 2.78.